The van der Waals surface area contributed by atoms with Crippen molar-refractivity contribution in [2.75, 3.05) is 5.32 Å². The molecule has 2 aromatic heterocycles. The molecule has 1 unspecified atom stereocenters. The summed E-state index contributed by atoms with van der Waals surface area (Å²) in [6, 6.07) is 22.0. The van der Waals surface area contributed by atoms with E-state index in [1.807, 2.05) is 70.0 Å². The maximum Gasteiger partial charge on any atom is 0.158 e. The van der Waals surface area contributed by atoms with Gasteiger partial charge in [0, 0.05) is 11.2 Å². The Balaban J connectivity index is 1.82. The van der Waals surface area contributed by atoms with Crippen molar-refractivity contribution in [3.05, 3.63) is 94.9 Å². The maximum absolute atomic E-state index is 9.62. The van der Waals surface area contributed by atoms with Crippen molar-refractivity contribution in [2.45, 2.75) is 6.04 Å². The molecule has 1 atom stereocenters. The van der Waals surface area contributed by atoms with Crippen molar-refractivity contribution in [1.82, 2.24) is 14.3 Å². The molecule has 1 aliphatic heterocycles. The smallest absolute Gasteiger partial charge is 0.158 e. The Hall–Kier alpha value is -3.49. The number of nitrogens with one attached hydrogen (secondary N) is 1. The van der Waals surface area contributed by atoms with Crippen LogP contribution in [-0.2, 0) is 0 Å². The quantitative estimate of drug-likeness (QED) is 0.527. The van der Waals surface area contributed by atoms with Crippen molar-refractivity contribution in [3.8, 4) is 17.6 Å². The van der Waals surface area contributed by atoms with E-state index in [0.717, 1.165) is 28.5 Å². The first kappa shape index (κ1) is 15.7. The fourth-order valence-electron chi connectivity index (χ4n) is 3.57. The van der Waals surface area contributed by atoms with E-state index in [2.05, 4.69) is 22.6 Å². The first-order valence-electron chi connectivity index (χ1n) is 8.53. The monoisotopic (exact) mass is 371 g/mol. The minimum atomic E-state index is -0.103. The van der Waals surface area contributed by atoms with Gasteiger partial charge < -0.3 is 9.88 Å². The third kappa shape index (κ3) is 2.42. The van der Waals surface area contributed by atoms with Crippen molar-refractivity contribution < 1.29 is 0 Å². The molecule has 0 saturated carbocycles. The predicted molar refractivity (Wildman–Crippen MR) is 105 cm³/mol. The molecular formula is C21H14ClN5. The molecule has 1 aliphatic rings. The van der Waals surface area contributed by atoms with Crippen LogP contribution in [0.4, 0.5) is 5.69 Å². The second kappa shape index (κ2) is 6.04. The number of benzene rings is 2. The maximum atomic E-state index is 9.62. The van der Waals surface area contributed by atoms with Gasteiger partial charge in [-0.2, -0.15) is 10.4 Å². The highest BCUT2D eigenvalue weighted by Gasteiger charge is 2.26. The SMILES string of the molecule is N#Cc1cnn2c1-n1cccc1C(c1ccc(Cl)cc1)Nc1ccccc1-2. The molecule has 0 aliphatic carbocycles. The number of fused-ring (bicyclic) bond motifs is 5. The number of hydrogen-bond acceptors (Lipinski definition) is 3. The lowest BCUT2D eigenvalue weighted by atomic mass is 10.0. The van der Waals surface area contributed by atoms with Gasteiger partial charge in [-0.1, -0.05) is 35.9 Å². The van der Waals surface area contributed by atoms with Crippen LogP contribution in [0.2, 0.25) is 5.02 Å². The molecule has 5 nitrogen and oxygen atoms in total. The molecule has 2 aromatic carbocycles. The number of nitriles is 1. The van der Waals surface area contributed by atoms with Crippen LogP contribution >= 0.6 is 11.6 Å². The van der Waals surface area contributed by atoms with E-state index in [4.69, 9.17) is 11.6 Å². The molecule has 27 heavy (non-hydrogen) atoms. The van der Waals surface area contributed by atoms with Crippen LogP contribution in [0.1, 0.15) is 22.9 Å². The minimum absolute atomic E-state index is 0.103. The number of hydrogen-bond donors (Lipinski definition) is 1. The fourth-order valence-corrected chi connectivity index (χ4v) is 3.70. The Morgan fingerprint density at radius 3 is 2.67 bits per heavy atom. The van der Waals surface area contributed by atoms with Gasteiger partial charge >= 0.3 is 0 Å². The van der Waals surface area contributed by atoms with E-state index < -0.39 is 0 Å². The Kier molecular flexibility index (Phi) is 3.52. The molecule has 0 spiro atoms. The fraction of sp³-hybridized carbons (Fsp3) is 0.0476. The highest BCUT2D eigenvalue weighted by atomic mass is 35.5. The number of aromatic nitrogens is 3. The number of rotatable bonds is 1. The van der Waals surface area contributed by atoms with Crippen molar-refractivity contribution in [2.24, 2.45) is 0 Å². The summed E-state index contributed by atoms with van der Waals surface area (Å²) in [5, 5.41) is 18.4. The first-order chi connectivity index (χ1) is 13.3. The zero-order valence-corrected chi connectivity index (χ0v) is 14.9. The Morgan fingerprint density at radius 2 is 1.85 bits per heavy atom. The number of para-hydroxylation sites is 2. The Bertz CT molecular complexity index is 1180. The molecule has 5 rings (SSSR count). The van der Waals surface area contributed by atoms with Crippen LogP contribution in [0.3, 0.4) is 0 Å². The van der Waals surface area contributed by atoms with E-state index >= 15 is 0 Å². The topological polar surface area (TPSA) is 58.6 Å². The van der Waals surface area contributed by atoms with Crippen LogP contribution in [-0.4, -0.2) is 14.3 Å². The summed E-state index contributed by atoms with van der Waals surface area (Å²) in [5.74, 6) is 0.741. The molecular weight excluding hydrogens is 358 g/mol. The summed E-state index contributed by atoms with van der Waals surface area (Å²) in [6.45, 7) is 0. The van der Waals surface area contributed by atoms with Crippen molar-refractivity contribution in [3.63, 3.8) is 0 Å². The zero-order valence-electron chi connectivity index (χ0n) is 14.2. The highest BCUT2D eigenvalue weighted by molar-refractivity contribution is 6.30. The van der Waals surface area contributed by atoms with Gasteiger partial charge in [0.25, 0.3) is 0 Å². The van der Waals surface area contributed by atoms with Gasteiger partial charge in [0.05, 0.1) is 29.3 Å². The van der Waals surface area contributed by atoms with Gasteiger partial charge in [-0.25, -0.2) is 4.68 Å². The number of anilines is 1. The minimum Gasteiger partial charge on any atom is -0.371 e. The van der Waals surface area contributed by atoms with E-state index in [1.54, 1.807) is 6.20 Å². The van der Waals surface area contributed by atoms with E-state index in [1.165, 1.54) is 0 Å². The third-order valence-corrected chi connectivity index (χ3v) is 5.06. The summed E-state index contributed by atoms with van der Waals surface area (Å²) in [6.07, 6.45) is 3.57. The molecule has 130 valence electrons. The van der Waals surface area contributed by atoms with Gasteiger partial charge in [-0.15, -0.1) is 0 Å². The Morgan fingerprint density at radius 1 is 1.04 bits per heavy atom. The van der Waals surface area contributed by atoms with Crippen molar-refractivity contribution >= 4 is 17.3 Å². The zero-order chi connectivity index (χ0) is 18.4. The van der Waals surface area contributed by atoms with Crippen LogP contribution in [0, 0.1) is 11.3 Å². The summed E-state index contributed by atoms with van der Waals surface area (Å²) in [4.78, 5) is 0. The van der Waals surface area contributed by atoms with E-state index in [-0.39, 0.29) is 6.04 Å². The molecule has 0 fully saturated rings. The van der Waals surface area contributed by atoms with Gasteiger partial charge in [0.1, 0.15) is 11.6 Å². The molecule has 1 N–H and O–H groups in total. The largest absolute Gasteiger partial charge is 0.371 e. The molecule has 0 bridgehead atoms. The van der Waals surface area contributed by atoms with Gasteiger partial charge in [0.2, 0.25) is 0 Å². The first-order valence-corrected chi connectivity index (χ1v) is 8.91. The summed E-state index contributed by atoms with van der Waals surface area (Å²) >= 11 is 6.09. The van der Waals surface area contributed by atoms with Gasteiger partial charge in [-0.05, 0) is 42.0 Å². The summed E-state index contributed by atoms with van der Waals surface area (Å²) in [5.41, 5.74) is 4.47. The van der Waals surface area contributed by atoms with Crippen LogP contribution in [0.5, 0.6) is 0 Å². The average molecular weight is 372 g/mol. The molecule has 0 radical (unpaired) electrons. The van der Waals surface area contributed by atoms with Crippen LogP contribution in [0.25, 0.3) is 11.5 Å². The molecule has 4 aromatic rings. The summed E-state index contributed by atoms with van der Waals surface area (Å²) < 4.78 is 3.83. The lowest BCUT2D eigenvalue weighted by Crippen LogP contribution is -2.22. The van der Waals surface area contributed by atoms with Gasteiger partial charge in [-0.3, -0.25) is 0 Å². The normalized spacial score (nSPS) is 14.7. The molecule has 0 saturated heterocycles. The second-order valence-electron chi connectivity index (χ2n) is 6.35. The average Bonchev–Trinajstić information content (AvgIpc) is 3.32. The Labute approximate surface area is 161 Å². The van der Waals surface area contributed by atoms with Crippen molar-refractivity contribution in [1.29, 1.82) is 5.26 Å². The second-order valence-corrected chi connectivity index (χ2v) is 6.79. The number of nitrogens with zero attached hydrogens (tertiary/aromatic N) is 4. The lowest BCUT2D eigenvalue weighted by Gasteiger charge is -2.27. The van der Waals surface area contributed by atoms with E-state index in [9.17, 15) is 5.26 Å². The lowest BCUT2D eigenvalue weighted by molar-refractivity contribution is 0.754. The van der Waals surface area contributed by atoms with Crippen LogP contribution < -0.4 is 5.32 Å². The van der Waals surface area contributed by atoms with Crippen LogP contribution in [0.15, 0.2) is 73.1 Å². The highest BCUT2D eigenvalue weighted by Crippen LogP contribution is 2.36. The number of halogens is 1. The third-order valence-electron chi connectivity index (χ3n) is 4.80. The molecule has 6 heteroatoms. The predicted octanol–water partition coefficient (Wildman–Crippen LogP) is 4.70. The van der Waals surface area contributed by atoms with Gasteiger partial charge in [0.15, 0.2) is 5.82 Å². The summed E-state index contributed by atoms with van der Waals surface area (Å²) in [7, 11) is 0. The molecule has 3 heterocycles. The molecule has 0 amide bonds. The van der Waals surface area contributed by atoms with E-state index in [0.29, 0.717) is 10.6 Å². The standard InChI is InChI=1S/C21H14ClN5/c22-16-9-7-14(8-10-16)20-19-6-3-11-26(19)21-15(12-23)13-24-27(21)18-5-2-1-4-17(18)25-20/h1-11,13,20,25H.